The zero-order chi connectivity index (χ0) is 12.1. The Kier molecular flexibility index (Phi) is 4.81. The quantitative estimate of drug-likeness (QED) is 0.787. The van der Waals surface area contributed by atoms with Gasteiger partial charge in [-0.3, -0.25) is 4.79 Å². The third-order valence-corrected chi connectivity index (χ3v) is 3.04. The number of Topliss-reactive ketones (excluding diaryl/α,β-unsaturated/α-hetero) is 1. The van der Waals surface area contributed by atoms with Crippen LogP contribution in [0.4, 0.5) is 0 Å². The molecule has 1 aromatic rings. The maximum atomic E-state index is 11.3. The van der Waals surface area contributed by atoms with Gasteiger partial charge in [-0.05, 0) is 36.6 Å². The number of benzene rings is 1. The average molecular weight is 241 g/mol. The number of methoxy groups -OCH3 is 1. The Hall–Kier alpha value is -1.02. The van der Waals surface area contributed by atoms with Crippen molar-refractivity contribution in [3.8, 4) is 5.75 Å². The van der Waals surface area contributed by atoms with Gasteiger partial charge in [0, 0.05) is 17.9 Å². The lowest BCUT2D eigenvalue weighted by molar-refractivity contribution is -0.118. The van der Waals surface area contributed by atoms with Gasteiger partial charge in [0.05, 0.1) is 7.11 Å². The van der Waals surface area contributed by atoms with Gasteiger partial charge in [-0.25, -0.2) is 0 Å². The summed E-state index contributed by atoms with van der Waals surface area (Å²) in [6.07, 6.45) is 1.82. The van der Waals surface area contributed by atoms with E-state index in [1.54, 1.807) is 7.11 Å². The van der Waals surface area contributed by atoms with Crippen LogP contribution in [0.15, 0.2) is 12.1 Å². The summed E-state index contributed by atoms with van der Waals surface area (Å²) in [4.78, 5) is 11.3. The lowest BCUT2D eigenvalue weighted by atomic mass is 10.0. The fourth-order valence-corrected chi connectivity index (χ4v) is 1.72. The predicted octanol–water partition coefficient (Wildman–Crippen LogP) is 3.57. The number of carbonyl (C=O) groups is 1. The summed E-state index contributed by atoms with van der Waals surface area (Å²) in [6.45, 7) is 3.81. The summed E-state index contributed by atoms with van der Waals surface area (Å²) in [7, 11) is 1.63. The van der Waals surface area contributed by atoms with Crippen molar-refractivity contribution in [2.75, 3.05) is 7.11 Å². The first-order valence-corrected chi connectivity index (χ1v) is 5.81. The molecule has 88 valence electrons. The first kappa shape index (κ1) is 13.0. The van der Waals surface area contributed by atoms with E-state index in [-0.39, 0.29) is 5.78 Å². The van der Waals surface area contributed by atoms with Gasteiger partial charge in [0.25, 0.3) is 0 Å². The molecule has 0 aliphatic rings. The Morgan fingerprint density at radius 3 is 2.69 bits per heavy atom. The minimum atomic E-state index is 0.263. The van der Waals surface area contributed by atoms with Gasteiger partial charge in [0.2, 0.25) is 0 Å². The second kappa shape index (κ2) is 5.90. The SMILES string of the molecule is CCC(=O)CCc1cc(Cl)c(C)cc1OC. The molecule has 0 aromatic heterocycles. The van der Waals surface area contributed by atoms with Gasteiger partial charge in [-0.1, -0.05) is 18.5 Å². The average Bonchev–Trinajstić information content (AvgIpc) is 2.29. The van der Waals surface area contributed by atoms with Crippen molar-refractivity contribution in [1.29, 1.82) is 0 Å². The molecule has 0 saturated heterocycles. The summed E-state index contributed by atoms with van der Waals surface area (Å²) in [5.41, 5.74) is 1.99. The third-order valence-electron chi connectivity index (χ3n) is 2.63. The highest BCUT2D eigenvalue weighted by Crippen LogP contribution is 2.27. The van der Waals surface area contributed by atoms with E-state index in [9.17, 15) is 4.79 Å². The van der Waals surface area contributed by atoms with E-state index in [2.05, 4.69) is 0 Å². The molecule has 0 N–H and O–H groups in total. The summed E-state index contributed by atoms with van der Waals surface area (Å²) >= 11 is 6.05. The van der Waals surface area contributed by atoms with Crippen molar-refractivity contribution in [3.63, 3.8) is 0 Å². The standard InChI is InChI=1S/C13H17ClO2/c1-4-11(15)6-5-10-8-12(14)9(2)7-13(10)16-3/h7-8H,4-6H2,1-3H3. The predicted molar refractivity (Wildman–Crippen MR) is 66.4 cm³/mol. The van der Waals surface area contributed by atoms with Crippen LogP contribution in [0.5, 0.6) is 5.75 Å². The number of hydrogen-bond acceptors (Lipinski definition) is 2. The first-order valence-electron chi connectivity index (χ1n) is 5.43. The largest absolute Gasteiger partial charge is 0.496 e. The molecule has 0 radical (unpaired) electrons. The topological polar surface area (TPSA) is 26.3 Å². The normalized spacial score (nSPS) is 10.2. The lowest BCUT2D eigenvalue weighted by Gasteiger charge is -2.10. The molecular weight excluding hydrogens is 224 g/mol. The Labute approximate surface area is 102 Å². The number of rotatable bonds is 5. The minimum absolute atomic E-state index is 0.263. The van der Waals surface area contributed by atoms with Crippen LogP contribution in [-0.4, -0.2) is 12.9 Å². The van der Waals surface area contributed by atoms with Crippen LogP contribution < -0.4 is 4.74 Å². The van der Waals surface area contributed by atoms with Gasteiger partial charge in [-0.15, -0.1) is 0 Å². The highest BCUT2D eigenvalue weighted by Gasteiger charge is 2.08. The molecule has 0 aliphatic carbocycles. The molecule has 0 bridgehead atoms. The Morgan fingerprint density at radius 1 is 1.44 bits per heavy atom. The molecule has 0 amide bonds. The van der Waals surface area contributed by atoms with Crippen LogP contribution >= 0.6 is 11.6 Å². The number of halogens is 1. The molecule has 1 aromatic carbocycles. The lowest BCUT2D eigenvalue weighted by Crippen LogP contribution is -2.00. The first-order chi connectivity index (χ1) is 7.58. The van der Waals surface area contributed by atoms with E-state index >= 15 is 0 Å². The van der Waals surface area contributed by atoms with Gasteiger partial charge in [0.1, 0.15) is 11.5 Å². The molecule has 0 atom stereocenters. The molecule has 0 unspecified atom stereocenters. The Morgan fingerprint density at radius 2 is 2.12 bits per heavy atom. The number of carbonyl (C=O) groups excluding carboxylic acids is 1. The zero-order valence-electron chi connectivity index (χ0n) is 9.97. The van der Waals surface area contributed by atoms with Crippen LogP contribution in [0, 0.1) is 6.92 Å². The second-order valence-corrected chi connectivity index (χ2v) is 4.21. The van der Waals surface area contributed by atoms with Crippen molar-refractivity contribution >= 4 is 17.4 Å². The van der Waals surface area contributed by atoms with Crippen LogP contribution in [0.1, 0.15) is 30.9 Å². The Bertz CT molecular complexity index is 386. The van der Waals surface area contributed by atoms with Gasteiger partial charge < -0.3 is 4.74 Å². The van der Waals surface area contributed by atoms with Crippen molar-refractivity contribution in [1.82, 2.24) is 0 Å². The monoisotopic (exact) mass is 240 g/mol. The highest BCUT2D eigenvalue weighted by molar-refractivity contribution is 6.31. The highest BCUT2D eigenvalue weighted by atomic mass is 35.5. The summed E-state index contributed by atoms with van der Waals surface area (Å²) in [5, 5.41) is 0.722. The van der Waals surface area contributed by atoms with E-state index in [0.717, 1.165) is 21.9 Å². The Balaban J connectivity index is 2.86. The maximum absolute atomic E-state index is 11.3. The summed E-state index contributed by atoms with van der Waals surface area (Å²) < 4.78 is 5.28. The van der Waals surface area contributed by atoms with Crippen LogP contribution in [0.3, 0.4) is 0 Å². The van der Waals surface area contributed by atoms with E-state index in [0.29, 0.717) is 19.3 Å². The fourth-order valence-electron chi connectivity index (χ4n) is 1.53. The zero-order valence-corrected chi connectivity index (χ0v) is 10.7. The number of hydrogen-bond donors (Lipinski definition) is 0. The van der Waals surface area contributed by atoms with Crippen molar-refractivity contribution in [3.05, 3.63) is 28.3 Å². The van der Waals surface area contributed by atoms with E-state index in [1.807, 2.05) is 26.0 Å². The van der Waals surface area contributed by atoms with E-state index in [1.165, 1.54) is 0 Å². The molecule has 0 aliphatic heterocycles. The molecule has 0 saturated carbocycles. The van der Waals surface area contributed by atoms with Gasteiger partial charge in [-0.2, -0.15) is 0 Å². The molecule has 0 fully saturated rings. The number of ketones is 1. The smallest absolute Gasteiger partial charge is 0.132 e. The second-order valence-electron chi connectivity index (χ2n) is 3.81. The summed E-state index contributed by atoms with van der Waals surface area (Å²) in [6, 6.07) is 3.80. The van der Waals surface area contributed by atoms with Crippen LogP contribution in [0.25, 0.3) is 0 Å². The molecule has 0 heterocycles. The molecular formula is C13H17ClO2. The minimum Gasteiger partial charge on any atom is -0.496 e. The van der Waals surface area contributed by atoms with Crippen LogP contribution in [0.2, 0.25) is 5.02 Å². The summed E-state index contributed by atoms with van der Waals surface area (Å²) in [5.74, 6) is 1.07. The van der Waals surface area contributed by atoms with Crippen molar-refractivity contribution in [2.24, 2.45) is 0 Å². The third kappa shape index (κ3) is 3.24. The number of aryl methyl sites for hydroxylation is 2. The number of ether oxygens (including phenoxy) is 1. The molecule has 3 heteroatoms. The van der Waals surface area contributed by atoms with Gasteiger partial charge >= 0.3 is 0 Å². The van der Waals surface area contributed by atoms with E-state index in [4.69, 9.17) is 16.3 Å². The fraction of sp³-hybridized carbons (Fsp3) is 0.462. The van der Waals surface area contributed by atoms with Gasteiger partial charge in [0.15, 0.2) is 0 Å². The molecule has 1 rings (SSSR count). The van der Waals surface area contributed by atoms with Crippen molar-refractivity contribution in [2.45, 2.75) is 33.1 Å². The van der Waals surface area contributed by atoms with Crippen LogP contribution in [-0.2, 0) is 11.2 Å². The molecule has 2 nitrogen and oxygen atoms in total. The maximum Gasteiger partial charge on any atom is 0.132 e. The van der Waals surface area contributed by atoms with E-state index < -0.39 is 0 Å². The van der Waals surface area contributed by atoms with Crippen molar-refractivity contribution < 1.29 is 9.53 Å². The molecule has 16 heavy (non-hydrogen) atoms. The molecule has 0 spiro atoms.